The molecule has 2 saturated heterocycles. The molecule has 43 heavy (non-hydrogen) atoms. The van der Waals surface area contributed by atoms with Crippen molar-refractivity contribution in [3.8, 4) is 11.8 Å². The third kappa shape index (κ3) is 7.25. The molecule has 2 aromatic rings. The van der Waals surface area contributed by atoms with Gasteiger partial charge in [-0.3, -0.25) is 19.1 Å². The first kappa shape index (κ1) is 32.6. The lowest BCUT2D eigenvalue weighted by Crippen LogP contribution is -2.43. The first-order chi connectivity index (χ1) is 20.6. The lowest BCUT2D eigenvalue weighted by Gasteiger charge is -2.38. The van der Waals surface area contributed by atoms with Crippen LogP contribution in [0.15, 0.2) is 46.1 Å². The van der Waals surface area contributed by atoms with E-state index in [1.54, 1.807) is 24.3 Å². The molecule has 5 atom stereocenters. The van der Waals surface area contributed by atoms with Gasteiger partial charge >= 0.3 is 5.69 Å². The average Bonchev–Trinajstić information content (AvgIpc) is 3.48. The zero-order valence-corrected chi connectivity index (χ0v) is 25.9. The van der Waals surface area contributed by atoms with Gasteiger partial charge in [0.05, 0.1) is 13.2 Å². The molecule has 230 valence electrons. The molecule has 13 heteroatoms. The van der Waals surface area contributed by atoms with Crippen LogP contribution in [0.25, 0.3) is 4.85 Å². The zero-order chi connectivity index (χ0) is 31.1. The third-order valence-corrected chi connectivity index (χ3v) is 9.38. The summed E-state index contributed by atoms with van der Waals surface area (Å²) in [5.74, 6) is 5.23. The first-order valence-corrected chi connectivity index (χ1v) is 15.4. The van der Waals surface area contributed by atoms with Crippen molar-refractivity contribution in [2.45, 2.75) is 77.2 Å². The molecule has 1 amide bonds. The highest BCUT2D eigenvalue weighted by atomic mass is 31.2. The molecule has 3 heterocycles. The Labute approximate surface area is 252 Å². The number of hydrogen-bond acceptors (Lipinski definition) is 8. The molecule has 0 aliphatic carbocycles. The average molecular weight is 612 g/mol. The summed E-state index contributed by atoms with van der Waals surface area (Å²) in [6, 6.07) is 8.92. The maximum Gasteiger partial charge on any atom is 0.330 e. The highest BCUT2D eigenvalue weighted by molar-refractivity contribution is 7.44. The van der Waals surface area contributed by atoms with Crippen molar-refractivity contribution in [2.24, 2.45) is 0 Å². The van der Waals surface area contributed by atoms with Crippen LogP contribution < -0.4 is 16.6 Å². The van der Waals surface area contributed by atoms with Gasteiger partial charge in [-0.1, -0.05) is 37.0 Å². The maximum atomic E-state index is 13.0. The van der Waals surface area contributed by atoms with Gasteiger partial charge in [0.2, 0.25) is 6.54 Å². The number of nitrogens with one attached hydrogen (secondary N) is 2. The minimum atomic E-state index is -1.59. The highest BCUT2D eigenvalue weighted by Gasteiger charge is 2.63. The fraction of sp³-hybridized carbons (Fsp3) is 0.533. The predicted octanol–water partition coefficient (Wildman–Crippen LogP) is 3.06. The molecule has 0 saturated carbocycles. The van der Waals surface area contributed by atoms with E-state index in [1.165, 1.54) is 10.8 Å². The number of fused-ring (bicyclic) bond motifs is 2. The van der Waals surface area contributed by atoms with Crippen LogP contribution in [0.1, 0.15) is 63.2 Å². The molecule has 2 fully saturated rings. The van der Waals surface area contributed by atoms with Crippen LogP contribution >= 0.6 is 8.53 Å². The number of amides is 1. The summed E-state index contributed by atoms with van der Waals surface area (Å²) in [5, 5.41) is 2.69. The number of rotatable bonds is 12. The van der Waals surface area contributed by atoms with Crippen molar-refractivity contribution in [2.75, 3.05) is 26.3 Å². The third-order valence-electron chi connectivity index (χ3n) is 7.27. The van der Waals surface area contributed by atoms with E-state index in [0.717, 1.165) is 0 Å². The number of carbonyl (C=O) groups is 1. The monoisotopic (exact) mass is 611 g/mol. The van der Waals surface area contributed by atoms with Gasteiger partial charge in [-0.05, 0) is 46.2 Å². The summed E-state index contributed by atoms with van der Waals surface area (Å²) in [5.41, 5.74) is -1.62. The summed E-state index contributed by atoms with van der Waals surface area (Å²) in [7, 11) is -1.59. The van der Waals surface area contributed by atoms with Crippen LogP contribution in [0.3, 0.4) is 0 Å². The van der Waals surface area contributed by atoms with Crippen LogP contribution in [0, 0.1) is 18.4 Å². The molecule has 1 aromatic heterocycles. The van der Waals surface area contributed by atoms with E-state index < -0.39 is 43.8 Å². The van der Waals surface area contributed by atoms with Gasteiger partial charge < -0.3 is 28.7 Å². The summed E-state index contributed by atoms with van der Waals surface area (Å²) >= 11 is 0. The van der Waals surface area contributed by atoms with Crippen LogP contribution in [0.5, 0.6) is 0 Å². The largest absolute Gasteiger partial charge is 0.368 e. The van der Waals surface area contributed by atoms with Gasteiger partial charge in [0.1, 0.15) is 30.0 Å². The van der Waals surface area contributed by atoms with Gasteiger partial charge in [-0.15, -0.1) is 0 Å². The minimum absolute atomic E-state index is 0.00602. The molecule has 2 aliphatic heterocycles. The van der Waals surface area contributed by atoms with Crippen LogP contribution in [-0.2, 0) is 18.5 Å². The molecule has 0 radical (unpaired) electrons. The molecule has 4 rings (SSSR count). The number of hydrogen-bond donors (Lipinski definition) is 2. The normalized spacial score (nSPS) is 23.3. The van der Waals surface area contributed by atoms with Crippen molar-refractivity contribution >= 4 is 14.4 Å². The van der Waals surface area contributed by atoms with E-state index in [1.807, 2.05) is 13.0 Å². The molecule has 2 aliphatic rings. The fourth-order valence-electron chi connectivity index (χ4n) is 5.21. The second-order valence-electron chi connectivity index (χ2n) is 10.8. The van der Waals surface area contributed by atoms with Crippen molar-refractivity contribution in [1.29, 1.82) is 0 Å². The Morgan fingerprint density at radius 1 is 1.28 bits per heavy atom. The minimum Gasteiger partial charge on any atom is -0.368 e. The van der Waals surface area contributed by atoms with Gasteiger partial charge in [0, 0.05) is 23.8 Å². The number of carbonyl (C=O) groups excluding carboxylic acids is 1. The van der Waals surface area contributed by atoms with Crippen LogP contribution in [0.4, 0.5) is 0 Å². The van der Waals surface area contributed by atoms with Crippen molar-refractivity contribution < 1.29 is 23.3 Å². The summed E-state index contributed by atoms with van der Waals surface area (Å²) in [6.45, 7) is 18.0. The van der Waals surface area contributed by atoms with Crippen LogP contribution in [0.2, 0.25) is 0 Å². The Hall–Kier alpha value is -3.35. The number of benzene rings is 1. The molecular weight excluding hydrogens is 573 g/mol. The Balaban J connectivity index is 1.56. The zero-order valence-electron chi connectivity index (χ0n) is 25.0. The topological polar surface area (TPSA) is 128 Å². The van der Waals surface area contributed by atoms with E-state index in [0.29, 0.717) is 12.0 Å². The Morgan fingerprint density at radius 2 is 2.00 bits per heavy atom. The van der Waals surface area contributed by atoms with E-state index in [9.17, 15) is 14.4 Å². The van der Waals surface area contributed by atoms with E-state index in [4.69, 9.17) is 25.1 Å². The smallest absolute Gasteiger partial charge is 0.330 e. The Morgan fingerprint density at radius 3 is 2.65 bits per heavy atom. The Bertz CT molecular complexity index is 1480. The Kier molecular flexibility index (Phi) is 10.9. The number of aromatic nitrogens is 2. The number of H-pyrrole nitrogens is 1. The van der Waals surface area contributed by atoms with Crippen LogP contribution in [-0.4, -0.2) is 76.3 Å². The quantitative estimate of drug-likeness (QED) is 0.162. The molecule has 2 N–H and O–H groups in total. The highest BCUT2D eigenvalue weighted by Crippen LogP contribution is 2.55. The summed E-state index contributed by atoms with van der Waals surface area (Å²) in [6.07, 6.45) is -0.210. The molecule has 2 bridgehead atoms. The lowest BCUT2D eigenvalue weighted by atomic mass is 9.96. The predicted molar refractivity (Wildman–Crippen MR) is 161 cm³/mol. The second-order valence-corrected chi connectivity index (χ2v) is 12.2. The molecule has 12 nitrogen and oxygen atoms in total. The summed E-state index contributed by atoms with van der Waals surface area (Å²) in [4.78, 5) is 43.5. The van der Waals surface area contributed by atoms with E-state index >= 15 is 0 Å². The van der Waals surface area contributed by atoms with Gasteiger partial charge in [-0.25, -0.2) is 16.0 Å². The van der Waals surface area contributed by atoms with Crippen molar-refractivity contribution in [1.82, 2.24) is 19.5 Å². The number of aromatic amines is 1. The van der Waals surface area contributed by atoms with E-state index in [-0.39, 0.29) is 49.9 Å². The molecule has 0 spiro atoms. The maximum absolute atomic E-state index is 13.0. The van der Waals surface area contributed by atoms with Crippen molar-refractivity contribution in [3.63, 3.8) is 0 Å². The molecular formula is C30H38N5O7P. The van der Waals surface area contributed by atoms with Crippen molar-refractivity contribution in [3.05, 3.63) is 79.9 Å². The SMILES string of the molecule is [C-]#[N+]CCOP(O[C@H]1C2OC[C@@]1(CC)O[C@H]2n1cc(C#CCNC(=O)c2ccccc2)c(=O)[nH]c1=O)N(C(C)C)C(C)C. The second kappa shape index (κ2) is 14.4. The molecule has 1 aromatic carbocycles. The molecule has 2 unspecified atom stereocenters. The van der Waals surface area contributed by atoms with Gasteiger partial charge in [0.15, 0.2) is 6.23 Å². The fourth-order valence-corrected chi connectivity index (χ4v) is 7.01. The number of ether oxygens (including phenoxy) is 2. The standard InChI is InChI=1S/C30H38N5O7P/c1-7-30-19-39-24(25(30)42-43(40-17-16-31-6)35(20(2)3)21(4)5)28(41-30)34-18-23(27(37)33-29(34)38)14-11-15-32-26(36)22-12-9-8-10-13-22/h8-10,12-13,18,20-21,24-25,28H,7,15-17,19H2,1-5H3,(H,32,36)(H,33,37,38)/t24?,25-,28+,30+,43?/m0/s1. The van der Waals surface area contributed by atoms with Gasteiger partial charge in [0.25, 0.3) is 20.0 Å². The summed E-state index contributed by atoms with van der Waals surface area (Å²) < 4.78 is 28.8. The first-order valence-electron chi connectivity index (χ1n) is 14.3. The van der Waals surface area contributed by atoms with E-state index in [2.05, 4.69) is 59.4 Å². The van der Waals surface area contributed by atoms with Gasteiger partial charge in [-0.2, -0.15) is 0 Å². The number of nitrogens with zero attached hydrogens (tertiary/aromatic N) is 3. The lowest BCUT2D eigenvalue weighted by molar-refractivity contribution is -0.175.